The topological polar surface area (TPSA) is 55.1 Å². The van der Waals surface area contributed by atoms with Crippen molar-refractivity contribution in [1.29, 1.82) is 0 Å². The van der Waals surface area contributed by atoms with E-state index in [4.69, 9.17) is 16.7 Å². The SMILES string of the molecule is O=C(O)c1cn(Cc2ccc(Cl)cc2)nc1C(F)(F)F. The van der Waals surface area contributed by atoms with Crippen LogP contribution in [0.5, 0.6) is 0 Å². The second kappa shape index (κ2) is 5.16. The number of alkyl halides is 3. The second-order valence-corrected chi connectivity index (χ2v) is 4.45. The van der Waals surface area contributed by atoms with E-state index in [1.54, 1.807) is 24.3 Å². The molecule has 4 nitrogen and oxygen atoms in total. The van der Waals surface area contributed by atoms with Crippen molar-refractivity contribution in [3.8, 4) is 0 Å². The Morgan fingerprint density at radius 2 is 1.90 bits per heavy atom. The number of benzene rings is 1. The quantitative estimate of drug-likeness (QED) is 0.946. The van der Waals surface area contributed by atoms with Gasteiger partial charge in [-0.25, -0.2) is 4.79 Å². The lowest BCUT2D eigenvalue weighted by atomic mass is 10.2. The van der Waals surface area contributed by atoms with Crippen molar-refractivity contribution in [3.05, 3.63) is 52.3 Å². The van der Waals surface area contributed by atoms with E-state index >= 15 is 0 Å². The summed E-state index contributed by atoms with van der Waals surface area (Å²) in [6.45, 7) is 0.0214. The van der Waals surface area contributed by atoms with E-state index < -0.39 is 23.4 Å². The van der Waals surface area contributed by atoms with Gasteiger partial charge >= 0.3 is 12.1 Å². The fraction of sp³-hybridized carbons (Fsp3) is 0.167. The lowest BCUT2D eigenvalue weighted by molar-refractivity contribution is -0.142. The van der Waals surface area contributed by atoms with Crippen LogP contribution < -0.4 is 0 Å². The number of hydrogen-bond donors (Lipinski definition) is 1. The summed E-state index contributed by atoms with van der Waals surface area (Å²) in [4.78, 5) is 10.8. The molecule has 0 atom stereocenters. The second-order valence-electron chi connectivity index (χ2n) is 4.02. The zero-order chi connectivity index (χ0) is 14.9. The number of carboxylic acid groups (broad SMARTS) is 1. The molecule has 1 aromatic heterocycles. The van der Waals surface area contributed by atoms with Crippen molar-refractivity contribution in [2.75, 3.05) is 0 Å². The van der Waals surface area contributed by atoms with Gasteiger partial charge in [0.1, 0.15) is 5.56 Å². The lowest BCUT2D eigenvalue weighted by Crippen LogP contribution is -2.12. The summed E-state index contributed by atoms with van der Waals surface area (Å²) in [6, 6.07) is 6.42. The minimum atomic E-state index is -4.81. The van der Waals surface area contributed by atoms with E-state index in [0.29, 0.717) is 10.6 Å². The number of carbonyl (C=O) groups is 1. The average Bonchev–Trinajstić information content (AvgIpc) is 2.76. The van der Waals surface area contributed by atoms with Gasteiger partial charge in [0.05, 0.1) is 6.54 Å². The number of halogens is 4. The Hall–Kier alpha value is -2.02. The predicted octanol–water partition coefficient (Wildman–Crippen LogP) is 3.30. The molecule has 0 saturated carbocycles. The number of nitrogens with zero attached hydrogens (tertiary/aromatic N) is 2. The van der Waals surface area contributed by atoms with Crippen molar-refractivity contribution in [3.63, 3.8) is 0 Å². The maximum Gasteiger partial charge on any atom is 0.436 e. The summed E-state index contributed by atoms with van der Waals surface area (Å²) in [5.74, 6) is -1.67. The lowest BCUT2D eigenvalue weighted by Gasteiger charge is -2.03. The molecule has 1 heterocycles. The van der Waals surface area contributed by atoms with Crippen molar-refractivity contribution in [1.82, 2.24) is 9.78 Å². The molecule has 0 amide bonds. The van der Waals surface area contributed by atoms with Gasteiger partial charge in [-0.05, 0) is 17.7 Å². The van der Waals surface area contributed by atoms with Crippen LogP contribution in [0.3, 0.4) is 0 Å². The first-order valence-corrected chi connectivity index (χ1v) is 5.77. The molecule has 0 radical (unpaired) electrons. The van der Waals surface area contributed by atoms with Gasteiger partial charge in [0.15, 0.2) is 5.69 Å². The maximum atomic E-state index is 12.7. The van der Waals surface area contributed by atoms with Crippen LogP contribution in [-0.2, 0) is 12.7 Å². The van der Waals surface area contributed by atoms with E-state index in [1.807, 2.05) is 0 Å². The predicted molar refractivity (Wildman–Crippen MR) is 64.7 cm³/mol. The molecule has 0 bridgehead atoms. The molecule has 2 rings (SSSR count). The van der Waals surface area contributed by atoms with Gasteiger partial charge in [-0.3, -0.25) is 4.68 Å². The highest BCUT2D eigenvalue weighted by Crippen LogP contribution is 2.30. The van der Waals surface area contributed by atoms with Gasteiger partial charge in [0.2, 0.25) is 0 Å². The van der Waals surface area contributed by atoms with Gasteiger partial charge < -0.3 is 5.11 Å². The van der Waals surface area contributed by atoms with Gasteiger partial charge in [0.25, 0.3) is 0 Å². The molecule has 0 aliphatic rings. The average molecular weight is 305 g/mol. The van der Waals surface area contributed by atoms with E-state index in [0.717, 1.165) is 10.9 Å². The first-order chi connectivity index (χ1) is 9.27. The zero-order valence-electron chi connectivity index (χ0n) is 9.86. The van der Waals surface area contributed by atoms with Crippen LogP contribution in [0.2, 0.25) is 5.02 Å². The highest BCUT2D eigenvalue weighted by atomic mass is 35.5. The van der Waals surface area contributed by atoms with Crippen molar-refractivity contribution >= 4 is 17.6 Å². The normalized spacial score (nSPS) is 11.6. The summed E-state index contributed by atoms with van der Waals surface area (Å²) in [6.07, 6.45) is -3.95. The number of aromatic carboxylic acids is 1. The fourth-order valence-electron chi connectivity index (χ4n) is 1.65. The van der Waals surface area contributed by atoms with Gasteiger partial charge in [-0.2, -0.15) is 18.3 Å². The van der Waals surface area contributed by atoms with Crippen LogP contribution in [0, 0.1) is 0 Å². The summed E-state index contributed by atoms with van der Waals surface area (Å²) >= 11 is 5.70. The van der Waals surface area contributed by atoms with Crippen molar-refractivity contribution in [2.24, 2.45) is 0 Å². The Morgan fingerprint density at radius 3 is 2.35 bits per heavy atom. The van der Waals surface area contributed by atoms with E-state index in [2.05, 4.69) is 5.10 Å². The minimum Gasteiger partial charge on any atom is -0.478 e. The third kappa shape index (κ3) is 3.11. The van der Waals surface area contributed by atoms with Crippen LogP contribution in [0.1, 0.15) is 21.6 Å². The summed E-state index contributed by atoms with van der Waals surface area (Å²) in [5, 5.41) is 12.6. The molecule has 20 heavy (non-hydrogen) atoms. The Bertz CT molecular complexity index is 635. The van der Waals surface area contributed by atoms with Crippen LogP contribution in [0.25, 0.3) is 0 Å². The third-order valence-electron chi connectivity index (χ3n) is 2.52. The van der Waals surface area contributed by atoms with E-state index in [-0.39, 0.29) is 6.54 Å². The number of hydrogen-bond acceptors (Lipinski definition) is 2. The molecule has 0 unspecified atom stereocenters. The van der Waals surface area contributed by atoms with Gasteiger partial charge in [-0.15, -0.1) is 0 Å². The Labute approximate surface area is 116 Å². The molecule has 1 N–H and O–H groups in total. The van der Waals surface area contributed by atoms with Crippen LogP contribution in [-0.4, -0.2) is 20.9 Å². The number of rotatable bonds is 3. The molecular weight excluding hydrogens is 297 g/mol. The molecule has 8 heteroatoms. The monoisotopic (exact) mass is 304 g/mol. The molecule has 0 aliphatic heterocycles. The molecule has 0 fully saturated rings. The minimum absolute atomic E-state index is 0.0214. The first kappa shape index (κ1) is 14.4. The summed E-state index contributed by atoms with van der Waals surface area (Å²) < 4.78 is 38.9. The number of carboxylic acids is 1. The van der Waals surface area contributed by atoms with Crippen LogP contribution >= 0.6 is 11.6 Å². The zero-order valence-corrected chi connectivity index (χ0v) is 10.6. The van der Waals surface area contributed by atoms with E-state index in [9.17, 15) is 18.0 Å². The van der Waals surface area contributed by atoms with Crippen molar-refractivity contribution < 1.29 is 23.1 Å². The van der Waals surface area contributed by atoms with Crippen LogP contribution in [0.15, 0.2) is 30.5 Å². The highest BCUT2D eigenvalue weighted by molar-refractivity contribution is 6.30. The first-order valence-electron chi connectivity index (χ1n) is 5.40. The molecule has 0 saturated heterocycles. The van der Waals surface area contributed by atoms with Crippen LogP contribution in [0.4, 0.5) is 13.2 Å². The van der Waals surface area contributed by atoms with Crippen molar-refractivity contribution in [2.45, 2.75) is 12.7 Å². The molecule has 2 aromatic rings. The Kier molecular flexibility index (Phi) is 3.71. The maximum absolute atomic E-state index is 12.7. The summed E-state index contributed by atoms with van der Waals surface area (Å²) in [5.41, 5.74) is -1.62. The third-order valence-corrected chi connectivity index (χ3v) is 2.77. The Balaban J connectivity index is 2.34. The van der Waals surface area contributed by atoms with Gasteiger partial charge in [0, 0.05) is 11.2 Å². The summed E-state index contributed by atoms with van der Waals surface area (Å²) in [7, 11) is 0. The fourth-order valence-corrected chi connectivity index (χ4v) is 1.77. The van der Waals surface area contributed by atoms with E-state index in [1.165, 1.54) is 0 Å². The standard InChI is InChI=1S/C12H8ClF3N2O2/c13-8-3-1-7(2-4-8)5-18-6-9(11(19)20)10(17-18)12(14,15)16/h1-4,6H,5H2,(H,19,20). The molecule has 0 aliphatic carbocycles. The van der Waals surface area contributed by atoms with Gasteiger partial charge in [-0.1, -0.05) is 23.7 Å². The molecule has 0 spiro atoms. The molecular formula is C12H8ClF3N2O2. The Morgan fingerprint density at radius 1 is 1.30 bits per heavy atom. The smallest absolute Gasteiger partial charge is 0.436 e. The number of aromatic nitrogens is 2. The highest BCUT2D eigenvalue weighted by Gasteiger charge is 2.39. The molecule has 106 valence electrons. The largest absolute Gasteiger partial charge is 0.478 e. The molecule has 1 aromatic carbocycles.